The zero-order chi connectivity index (χ0) is 11.5. The van der Waals surface area contributed by atoms with Crippen molar-refractivity contribution in [3.8, 4) is 0 Å². The second-order valence-corrected chi connectivity index (χ2v) is 2.55. The molecule has 0 radical (unpaired) electrons. The van der Waals surface area contributed by atoms with Crippen molar-refractivity contribution in [1.82, 2.24) is 0 Å². The Hall–Kier alpha value is -1.22. The SMILES string of the molecule is O=C(O)[C@@H](O)[C@H](O)C(O)[C@@H](O)C(=O)O. The summed E-state index contributed by atoms with van der Waals surface area (Å²) in [6.45, 7) is 0. The van der Waals surface area contributed by atoms with Gasteiger partial charge in [0.15, 0.2) is 12.2 Å². The Balaban J connectivity index is 4.45. The van der Waals surface area contributed by atoms with Crippen LogP contribution in [0.3, 0.4) is 0 Å². The molecule has 0 rings (SSSR count). The Morgan fingerprint density at radius 3 is 1.07 bits per heavy atom. The van der Waals surface area contributed by atoms with Crippen LogP contribution in [0.5, 0.6) is 0 Å². The lowest BCUT2D eigenvalue weighted by molar-refractivity contribution is -0.172. The molecule has 0 bridgehead atoms. The second kappa shape index (κ2) is 4.86. The molecule has 0 fully saturated rings. The molecule has 0 saturated heterocycles. The van der Waals surface area contributed by atoms with Gasteiger partial charge in [-0.3, -0.25) is 0 Å². The van der Waals surface area contributed by atoms with Crippen LogP contribution in [0.15, 0.2) is 0 Å². The van der Waals surface area contributed by atoms with Crippen molar-refractivity contribution in [3.05, 3.63) is 0 Å². The molecule has 0 spiro atoms. The molecule has 0 aliphatic carbocycles. The van der Waals surface area contributed by atoms with Crippen LogP contribution in [-0.2, 0) is 9.59 Å². The number of aliphatic carboxylic acids is 2. The van der Waals surface area contributed by atoms with E-state index < -0.39 is 36.4 Å². The van der Waals surface area contributed by atoms with Crippen LogP contribution in [0.2, 0.25) is 0 Å². The lowest BCUT2D eigenvalue weighted by Gasteiger charge is -2.21. The Morgan fingerprint density at radius 2 is 0.929 bits per heavy atom. The normalized spacial score (nSPS) is 19.4. The van der Waals surface area contributed by atoms with E-state index in [-0.39, 0.29) is 0 Å². The molecule has 1 unspecified atom stereocenters. The van der Waals surface area contributed by atoms with Crippen molar-refractivity contribution in [2.45, 2.75) is 24.4 Å². The fourth-order valence-corrected chi connectivity index (χ4v) is 0.666. The predicted molar refractivity (Wildman–Crippen MR) is 39.3 cm³/mol. The van der Waals surface area contributed by atoms with Crippen LogP contribution in [-0.4, -0.2) is 67.0 Å². The van der Waals surface area contributed by atoms with E-state index in [4.69, 9.17) is 30.6 Å². The molecular weight excluding hydrogens is 200 g/mol. The Labute approximate surface area is 77.7 Å². The molecule has 14 heavy (non-hydrogen) atoms. The molecule has 0 aromatic heterocycles. The quantitative estimate of drug-likeness (QED) is 0.274. The smallest absolute Gasteiger partial charge is 0.335 e. The average molecular weight is 210 g/mol. The second-order valence-electron chi connectivity index (χ2n) is 2.55. The van der Waals surface area contributed by atoms with Gasteiger partial charge in [0.05, 0.1) is 0 Å². The van der Waals surface area contributed by atoms with Gasteiger partial charge in [-0.25, -0.2) is 9.59 Å². The van der Waals surface area contributed by atoms with E-state index in [1.54, 1.807) is 0 Å². The van der Waals surface area contributed by atoms with Crippen LogP contribution in [0, 0.1) is 0 Å². The number of hydrogen-bond donors (Lipinski definition) is 6. The maximum Gasteiger partial charge on any atom is 0.335 e. The van der Waals surface area contributed by atoms with Gasteiger partial charge in [0.25, 0.3) is 0 Å². The average Bonchev–Trinajstić information content (AvgIpc) is 2.12. The van der Waals surface area contributed by atoms with Crippen LogP contribution in [0.4, 0.5) is 0 Å². The maximum absolute atomic E-state index is 10.1. The van der Waals surface area contributed by atoms with Gasteiger partial charge >= 0.3 is 11.9 Å². The highest BCUT2D eigenvalue weighted by molar-refractivity contribution is 5.75. The van der Waals surface area contributed by atoms with Crippen molar-refractivity contribution in [3.63, 3.8) is 0 Å². The minimum Gasteiger partial charge on any atom is -0.479 e. The summed E-state index contributed by atoms with van der Waals surface area (Å²) >= 11 is 0. The monoisotopic (exact) mass is 210 g/mol. The first-order valence-electron chi connectivity index (χ1n) is 3.47. The molecule has 0 amide bonds. The van der Waals surface area contributed by atoms with Gasteiger partial charge in [-0.15, -0.1) is 0 Å². The summed E-state index contributed by atoms with van der Waals surface area (Å²) < 4.78 is 0. The van der Waals surface area contributed by atoms with Crippen molar-refractivity contribution in [2.75, 3.05) is 0 Å². The summed E-state index contributed by atoms with van der Waals surface area (Å²) in [7, 11) is 0. The van der Waals surface area contributed by atoms with E-state index in [0.717, 1.165) is 0 Å². The molecule has 8 nitrogen and oxygen atoms in total. The number of aliphatic hydroxyl groups excluding tert-OH is 4. The maximum atomic E-state index is 10.1. The lowest BCUT2D eigenvalue weighted by atomic mass is 10.0. The molecule has 6 N–H and O–H groups in total. The van der Waals surface area contributed by atoms with Gasteiger partial charge in [0.1, 0.15) is 12.2 Å². The summed E-state index contributed by atoms with van der Waals surface area (Å²) in [6, 6.07) is 0. The number of carboxylic acids is 2. The van der Waals surface area contributed by atoms with Crippen LogP contribution < -0.4 is 0 Å². The first-order chi connectivity index (χ1) is 6.29. The molecule has 0 heterocycles. The first-order valence-corrected chi connectivity index (χ1v) is 3.47. The number of aliphatic hydroxyl groups is 4. The van der Waals surface area contributed by atoms with Gasteiger partial charge in [-0.05, 0) is 0 Å². The summed E-state index contributed by atoms with van der Waals surface area (Å²) in [4.78, 5) is 20.2. The van der Waals surface area contributed by atoms with E-state index >= 15 is 0 Å². The third kappa shape index (κ3) is 2.92. The van der Waals surface area contributed by atoms with Gasteiger partial charge in [-0.1, -0.05) is 0 Å². The number of carboxylic acid groups (broad SMARTS) is 2. The van der Waals surface area contributed by atoms with E-state index in [2.05, 4.69) is 0 Å². The third-order valence-corrected chi connectivity index (χ3v) is 1.50. The van der Waals surface area contributed by atoms with Crippen molar-refractivity contribution in [1.29, 1.82) is 0 Å². The molecule has 82 valence electrons. The Kier molecular flexibility index (Phi) is 4.44. The number of rotatable bonds is 5. The highest BCUT2D eigenvalue weighted by atomic mass is 16.4. The zero-order valence-corrected chi connectivity index (χ0v) is 6.81. The first kappa shape index (κ1) is 12.8. The Bertz CT molecular complexity index is 202. The zero-order valence-electron chi connectivity index (χ0n) is 6.81. The highest BCUT2D eigenvalue weighted by Crippen LogP contribution is 2.05. The van der Waals surface area contributed by atoms with Crippen LogP contribution >= 0.6 is 0 Å². The molecule has 0 aliphatic rings. The molecular formula is C6H10O8. The van der Waals surface area contributed by atoms with Crippen molar-refractivity contribution in [2.24, 2.45) is 0 Å². The fourth-order valence-electron chi connectivity index (χ4n) is 0.666. The summed E-state index contributed by atoms with van der Waals surface area (Å²) in [5, 5.41) is 51.5. The molecule has 4 atom stereocenters. The van der Waals surface area contributed by atoms with Crippen molar-refractivity contribution >= 4 is 11.9 Å². The predicted octanol–water partition coefficient (Wildman–Crippen LogP) is -3.40. The highest BCUT2D eigenvalue weighted by Gasteiger charge is 2.37. The standard InChI is InChI=1S/C6H10O8/c7-1(3(9)5(11)12)2(8)4(10)6(13)14/h1-4,7-10H,(H,11,12)(H,13,14)/t1-,2?,3+,4-/m1/s1. The van der Waals surface area contributed by atoms with Crippen LogP contribution in [0.1, 0.15) is 0 Å². The number of hydrogen-bond acceptors (Lipinski definition) is 6. The van der Waals surface area contributed by atoms with E-state index in [0.29, 0.717) is 0 Å². The van der Waals surface area contributed by atoms with E-state index in [1.165, 1.54) is 0 Å². The minimum atomic E-state index is -2.36. The van der Waals surface area contributed by atoms with Gasteiger partial charge < -0.3 is 30.6 Å². The summed E-state index contributed by atoms with van der Waals surface area (Å²) in [5.74, 6) is -3.68. The van der Waals surface area contributed by atoms with Gasteiger partial charge in [0.2, 0.25) is 0 Å². The summed E-state index contributed by atoms with van der Waals surface area (Å²) in [6.07, 6.45) is -9.28. The topological polar surface area (TPSA) is 156 Å². The van der Waals surface area contributed by atoms with Gasteiger partial charge in [0, 0.05) is 0 Å². The molecule has 0 saturated carbocycles. The summed E-state index contributed by atoms with van der Waals surface area (Å²) in [5.41, 5.74) is 0. The molecule has 8 heteroatoms. The fraction of sp³-hybridized carbons (Fsp3) is 0.667. The van der Waals surface area contributed by atoms with Gasteiger partial charge in [-0.2, -0.15) is 0 Å². The molecule has 0 aromatic rings. The van der Waals surface area contributed by atoms with Crippen LogP contribution in [0.25, 0.3) is 0 Å². The molecule has 0 aromatic carbocycles. The number of carbonyl (C=O) groups is 2. The van der Waals surface area contributed by atoms with Crippen molar-refractivity contribution < 1.29 is 40.2 Å². The lowest BCUT2D eigenvalue weighted by Crippen LogP contribution is -2.49. The third-order valence-electron chi connectivity index (χ3n) is 1.50. The molecule has 0 aliphatic heterocycles. The van der Waals surface area contributed by atoms with E-state index in [1.807, 2.05) is 0 Å². The Morgan fingerprint density at radius 1 is 0.714 bits per heavy atom. The minimum absolute atomic E-state index is 1.84. The largest absolute Gasteiger partial charge is 0.479 e. The van der Waals surface area contributed by atoms with E-state index in [9.17, 15) is 9.59 Å².